The Morgan fingerprint density at radius 3 is 2.07 bits per heavy atom. The van der Waals surface area contributed by atoms with Gasteiger partial charge in [0.05, 0.1) is 12.8 Å². The average Bonchev–Trinajstić information content (AvgIpc) is 2.75. The van der Waals surface area contributed by atoms with Crippen LogP contribution in [0.15, 0.2) is 18.3 Å². The minimum atomic E-state index is 0.747. The molecular formula is C26H43NO. The maximum absolute atomic E-state index is 6.09. The van der Waals surface area contributed by atoms with E-state index in [-0.39, 0.29) is 0 Å². The van der Waals surface area contributed by atoms with Gasteiger partial charge in [-0.15, -0.1) is 0 Å². The van der Waals surface area contributed by atoms with E-state index in [9.17, 15) is 0 Å². The van der Waals surface area contributed by atoms with Crippen molar-refractivity contribution in [2.75, 3.05) is 6.61 Å². The molecule has 0 amide bonds. The molecule has 0 saturated heterocycles. The lowest BCUT2D eigenvalue weighted by molar-refractivity contribution is 0.122. The second kappa shape index (κ2) is 11.8. The molecule has 2 heteroatoms. The van der Waals surface area contributed by atoms with Crippen LogP contribution in [0, 0.1) is 23.7 Å². The van der Waals surface area contributed by atoms with Gasteiger partial charge in [-0.2, -0.15) is 0 Å². The highest BCUT2D eigenvalue weighted by atomic mass is 16.5. The van der Waals surface area contributed by atoms with Gasteiger partial charge < -0.3 is 4.74 Å². The van der Waals surface area contributed by atoms with E-state index in [4.69, 9.17) is 4.74 Å². The Kier molecular flexibility index (Phi) is 9.15. The molecule has 2 nitrogen and oxygen atoms in total. The molecule has 2 aliphatic carbocycles. The molecule has 0 atom stereocenters. The van der Waals surface area contributed by atoms with Crippen LogP contribution >= 0.6 is 0 Å². The van der Waals surface area contributed by atoms with Crippen LogP contribution in [0.3, 0.4) is 0 Å². The Hall–Kier alpha value is -1.05. The van der Waals surface area contributed by atoms with E-state index >= 15 is 0 Å². The van der Waals surface area contributed by atoms with Crippen molar-refractivity contribution >= 4 is 0 Å². The van der Waals surface area contributed by atoms with Crippen molar-refractivity contribution in [3.63, 3.8) is 0 Å². The lowest BCUT2D eigenvalue weighted by Gasteiger charge is -2.37. The van der Waals surface area contributed by atoms with E-state index in [1.165, 1.54) is 89.2 Å². The molecule has 1 aromatic heterocycles. The van der Waals surface area contributed by atoms with Crippen molar-refractivity contribution in [2.24, 2.45) is 23.7 Å². The Bertz CT molecular complexity index is 524. The summed E-state index contributed by atoms with van der Waals surface area (Å²) in [6, 6.07) is 4.27. The summed E-state index contributed by atoms with van der Waals surface area (Å²) < 4.78 is 6.09. The Morgan fingerprint density at radius 2 is 1.50 bits per heavy atom. The zero-order valence-electron chi connectivity index (χ0n) is 18.5. The standard InChI is InChI=1S/C26H43NO/c1-3-5-6-8-25-17-18-26(19-27-25)28-20-22-11-15-24(16-12-22)23-13-9-21(7-4-2)10-14-23/h17-19,21-24H,3-16,20H2,1-2H3. The van der Waals surface area contributed by atoms with Gasteiger partial charge in [-0.1, -0.05) is 52.4 Å². The number of rotatable bonds is 10. The normalized spacial score (nSPS) is 28.2. The third-order valence-electron chi connectivity index (χ3n) is 7.47. The van der Waals surface area contributed by atoms with Gasteiger partial charge in [-0.05, 0) is 87.2 Å². The zero-order valence-corrected chi connectivity index (χ0v) is 18.5. The van der Waals surface area contributed by atoms with E-state index in [0.717, 1.165) is 42.4 Å². The van der Waals surface area contributed by atoms with Crippen molar-refractivity contribution in [1.29, 1.82) is 0 Å². The quantitative estimate of drug-likeness (QED) is 0.387. The first-order valence-electron chi connectivity index (χ1n) is 12.4. The van der Waals surface area contributed by atoms with Crippen LogP contribution in [0.2, 0.25) is 0 Å². The molecule has 28 heavy (non-hydrogen) atoms. The van der Waals surface area contributed by atoms with Gasteiger partial charge in [0, 0.05) is 5.69 Å². The Morgan fingerprint density at radius 1 is 0.821 bits per heavy atom. The first-order chi connectivity index (χ1) is 13.8. The van der Waals surface area contributed by atoms with Crippen molar-refractivity contribution in [1.82, 2.24) is 4.98 Å². The smallest absolute Gasteiger partial charge is 0.137 e. The topological polar surface area (TPSA) is 22.1 Å². The molecule has 0 aromatic carbocycles. The molecular weight excluding hydrogens is 342 g/mol. The average molecular weight is 386 g/mol. The summed E-state index contributed by atoms with van der Waals surface area (Å²) in [7, 11) is 0. The van der Waals surface area contributed by atoms with Crippen LogP contribution < -0.4 is 4.74 Å². The van der Waals surface area contributed by atoms with Gasteiger partial charge in [0.15, 0.2) is 0 Å². The number of nitrogens with zero attached hydrogens (tertiary/aromatic N) is 1. The van der Waals surface area contributed by atoms with E-state index in [1.54, 1.807) is 0 Å². The van der Waals surface area contributed by atoms with E-state index in [0.29, 0.717) is 0 Å². The van der Waals surface area contributed by atoms with Crippen molar-refractivity contribution < 1.29 is 4.74 Å². The molecule has 0 N–H and O–H groups in total. The highest BCUT2D eigenvalue weighted by molar-refractivity contribution is 5.20. The summed E-state index contributed by atoms with van der Waals surface area (Å²) in [5.74, 6) is 4.77. The summed E-state index contributed by atoms with van der Waals surface area (Å²) in [5, 5.41) is 0. The third kappa shape index (κ3) is 6.78. The van der Waals surface area contributed by atoms with Gasteiger partial charge >= 0.3 is 0 Å². The van der Waals surface area contributed by atoms with Crippen molar-refractivity contribution in [3.8, 4) is 5.75 Å². The molecule has 0 radical (unpaired) electrons. The maximum atomic E-state index is 6.09. The number of aryl methyl sites for hydroxylation is 1. The fraction of sp³-hybridized carbons (Fsp3) is 0.808. The second-order valence-electron chi connectivity index (χ2n) is 9.60. The molecule has 0 bridgehead atoms. The largest absolute Gasteiger partial charge is 0.492 e. The summed E-state index contributed by atoms with van der Waals surface area (Å²) in [4.78, 5) is 4.58. The first kappa shape index (κ1) is 21.7. The van der Waals surface area contributed by atoms with E-state index in [1.807, 2.05) is 6.20 Å². The minimum absolute atomic E-state index is 0.747. The molecule has 2 fully saturated rings. The molecule has 1 heterocycles. The lowest BCUT2D eigenvalue weighted by Crippen LogP contribution is -2.27. The van der Waals surface area contributed by atoms with Crippen LogP contribution in [0.5, 0.6) is 5.75 Å². The highest BCUT2D eigenvalue weighted by Gasteiger charge is 2.30. The van der Waals surface area contributed by atoms with Crippen molar-refractivity contribution in [2.45, 2.75) is 104 Å². The SMILES string of the molecule is CCCCCc1ccc(OCC2CCC(C3CCC(CCC)CC3)CC2)cn1. The van der Waals surface area contributed by atoms with Gasteiger partial charge in [-0.3, -0.25) is 4.98 Å². The lowest BCUT2D eigenvalue weighted by atomic mass is 9.69. The number of hydrogen-bond donors (Lipinski definition) is 0. The van der Waals surface area contributed by atoms with E-state index in [2.05, 4.69) is 31.0 Å². The van der Waals surface area contributed by atoms with E-state index < -0.39 is 0 Å². The summed E-state index contributed by atoms with van der Waals surface area (Å²) in [6.45, 7) is 5.47. The number of hydrogen-bond acceptors (Lipinski definition) is 2. The third-order valence-corrected chi connectivity index (χ3v) is 7.47. The molecule has 1 aromatic rings. The van der Waals surface area contributed by atoms with Crippen LogP contribution in [-0.4, -0.2) is 11.6 Å². The number of ether oxygens (including phenoxy) is 1. The highest BCUT2D eigenvalue weighted by Crippen LogP contribution is 2.42. The van der Waals surface area contributed by atoms with Crippen LogP contribution in [-0.2, 0) is 6.42 Å². The molecule has 0 unspecified atom stereocenters. The van der Waals surface area contributed by atoms with Crippen LogP contribution in [0.4, 0.5) is 0 Å². The molecule has 2 saturated carbocycles. The zero-order chi connectivity index (χ0) is 19.6. The Labute approximate surface area is 173 Å². The van der Waals surface area contributed by atoms with Crippen LogP contribution in [0.25, 0.3) is 0 Å². The summed E-state index contributed by atoms with van der Waals surface area (Å²) in [5.41, 5.74) is 1.20. The molecule has 0 aliphatic heterocycles. The minimum Gasteiger partial charge on any atom is -0.492 e. The second-order valence-corrected chi connectivity index (χ2v) is 9.60. The summed E-state index contributed by atoms with van der Waals surface area (Å²) >= 11 is 0. The molecule has 158 valence electrons. The summed E-state index contributed by atoms with van der Waals surface area (Å²) in [6.07, 6.45) is 21.3. The van der Waals surface area contributed by atoms with Crippen LogP contribution in [0.1, 0.15) is 103 Å². The predicted molar refractivity (Wildman–Crippen MR) is 119 cm³/mol. The fourth-order valence-electron chi connectivity index (χ4n) is 5.60. The first-order valence-corrected chi connectivity index (χ1v) is 12.4. The molecule has 3 rings (SSSR count). The number of aromatic nitrogens is 1. The predicted octanol–water partition coefficient (Wildman–Crippen LogP) is 7.61. The van der Waals surface area contributed by atoms with Gasteiger partial charge in [0.1, 0.15) is 5.75 Å². The monoisotopic (exact) mass is 385 g/mol. The molecule has 2 aliphatic rings. The fourth-order valence-corrected chi connectivity index (χ4v) is 5.60. The van der Waals surface area contributed by atoms with Gasteiger partial charge in [0.2, 0.25) is 0 Å². The molecule has 0 spiro atoms. The Balaban J connectivity index is 1.32. The van der Waals surface area contributed by atoms with Gasteiger partial charge in [-0.25, -0.2) is 0 Å². The maximum Gasteiger partial charge on any atom is 0.137 e. The number of pyridine rings is 1. The van der Waals surface area contributed by atoms with Gasteiger partial charge in [0.25, 0.3) is 0 Å². The number of unbranched alkanes of at least 4 members (excludes halogenated alkanes) is 2. The van der Waals surface area contributed by atoms with Crippen molar-refractivity contribution in [3.05, 3.63) is 24.0 Å².